The topological polar surface area (TPSA) is 67.8 Å². The van der Waals surface area contributed by atoms with E-state index in [0.29, 0.717) is 18.3 Å². The van der Waals surface area contributed by atoms with Crippen molar-refractivity contribution >= 4 is 18.4 Å². The molecule has 0 fully saturated rings. The second-order valence-electron chi connectivity index (χ2n) is 4.92. The number of aliphatic hydroxyl groups excluding tert-OH is 1. The molecule has 0 radical (unpaired) electrons. The van der Waals surface area contributed by atoms with Crippen LogP contribution < -0.4 is 10.1 Å². The molecule has 1 aromatic carbocycles. The fraction of sp³-hybridized carbons (Fsp3) is 0.533. The van der Waals surface area contributed by atoms with Crippen LogP contribution in [0.4, 0.5) is 0 Å². The first-order valence-corrected chi connectivity index (χ1v) is 6.71. The van der Waals surface area contributed by atoms with Crippen molar-refractivity contribution in [1.29, 1.82) is 0 Å². The van der Waals surface area contributed by atoms with Crippen molar-refractivity contribution in [2.24, 2.45) is 0 Å². The standard InChI is InChI=1S/C15H23NO4.ClH/c1-11(2)16-9-13(17)10-20-14-6-4-12(5-7-14)8-15(18)19-3;/h4-7,11,13,16-17H,8-10H2,1-3H3;1H. The van der Waals surface area contributed by atoms with E-state index in [-0.39, 0.29) is 31.4 Å². The number of esters is 1. The zero-order valence-corrected chi connectivity index (χ0v) is 13.5. The van der Waals surface area contributed by atoms with Crippen molar-refractivity contribution in [2.75, 3.05) is 20.3 Å². The average Bonchev–Trinajstić information content (AvgIpc) is 2.44. The molecule has 6 heteroatoms. The number of rotatable bonds is 8. The van der Waals surface area contributed by atoms with E-state index in [1.54, 1.807) is 12.1 Å². The summed E-state index contributed by atoms with van der Waals surface area (Å²) in [4.78, 5) is 11.1. The van der Waals surface area contributed by atoms with E-state index in [1.807, 2.05) is 26.0 Å². The Balaban J connectivity index is 0.00000400. The third-order valence-electron chi connectivity index (χ3n) is 2.70. The summed E-state index contributed by atoms with van der Waals surface area (Å²) in [5.41, 5.74) is 0.867. The van der Waals surface area contributed by atoms with Crippen molar-refractivity contribution in [3.8, 4) is 5.75 Å². The maximum absolute atomic E-state index is 11.1. The van der Waals surface area contributed by atoms with Crippen molar-refractivity contribution in [1.82, 2.24) is 5.32 Å². The molecule has 0 heterocycles. The molecule has 1 unspecified atom stereocenters. The van der Waals surface area contributed by atoms with Gasteiger partial charge >= 0.3 is 5.97 Å². The number of nitrogens with one attached hydrogen (secondary N) is 1. The summed E-state index contributed by atoms with van der Waals surface area (Å²) >= 11 is 0. The molecule has 0 saturated heterocycles. The maximum Gasteiger partial charge on any atom is 0.309 e. The zero-order chi connectivity index (χ0) is 15.0. The predicted octanol–water partition coefficient (Wildman–Crippen LogP) is 1.56. The van der Waals surface area contributed by atoms with Crippen LogP contribution in [-0.2, 0) is 16.0 Å². The third-order valence-corrected chi connectivity index (χ3v) is 2.70. The van der Waals surface area contributed by atoms with Crippen molar-refractivity contribution < 1.29 is 19.4 Å². The zero-order valence-electron chi connectivity index (χ0n) is 12.7. The smallest absolute Gasteiger partial charge is 0.309 e. The summed E-state index contributed by atoms with van der Waals surface area (Å²) < 4.78 is 10.1. The van der Waals surface area contributed by atoms with Crippen LogP contribution in [0.3, 0.4) is 0 Å². The first-order chi connectivity index (χ1) is 9.51. The molecule has 0 amide bonds. The van der Waals surface area contributed by atoms with Gasteiger partial charge in [-0.15, -0.1) is 12.4 Å². The second kappa shape index (κ2) is 10.4. The molecule has 1 atom stereocenters. The Morgan fingerprint density at radius 1 is 1.29 bits per heavy atom. The van der Waals surface area contributed by atoms with Crippen molar-refractivity contribution in [3.05, 3.63) is 29.8 Å². The van der Waals surface area contributed by atoms with Gasteiger partial charge in [0.1, 0.15) is 18.5 Å². The molecule has 0 aliphatic carbocycles. The van der Waals surface area contributed by atoms with Gasteiger partial charge in [-0.3, -0.25) is 4.79 Å². The lowest BCUT2D eigenvalue weighted by Crippen LogP contribution is -2.35. The molecular formula is C15H24ClNO4. The van der Waals surface area contributed by atoms with Gasteiger partial charge in [0.2, 0.25) is 0 Å². The molecule has 1 rings (SSSR count). The number of carbonyl (C=O) groups is 1. The SMILES string of the molecule is COC(=O)Cc1ccc(OCC(O)CNC(C)C)cc1.Cl. The van der Waals surface area contributed by atoms with Gasteiger partial charge in [-0.05, 0) is 17.7 Å². The van der Waals surface area contributed by atoms with Crippen LogP contribution in [0, 0.1) is 0 Å². The largest absolute Gasteiger partial charge is 0.491 e. The Labute approximate surface area is 132 Å². The molecule has 0 bridgehead atoms. The minimum Gasteiger partial charge on any atom is -0.491 e. The molecule has 0 spiro atoms. The van der Waals surface area contributed by atoms with Crippen molar-refractivity contribution in [3.63, 3.8) is 0 Å². The molecule has 0 aliphatic rings. The summed E-state index contributed by atoms with van der Waals surface area (Å²) in [5, 5.41) is 12.9. The Morgan fingerprint density at radius 3 is 2.43 bits per heavy atom. The van der Waals surface area contributed by atoms with Gasteiger partial charge in [-0.2, -0.15) is 0 Å². The lowest BCUT2D eigenvalue weighted by molar-refractivity contribution is -0.139. The molecule has 120 valence electrons. The minimum absolute atomic E-state index is 0. The van der Waals surface area contributed by atoms with E-state index in [9.17, 15) is 9.90 Å². The summed E-state index contributed by atoms with van der Waals surface area (Å²) in [7, 11) is 1.37. The van der Waals surface area contributed by atoms with E-state index in [0.717, 1.165) is 5.56 Å². The molecule has 2 N–H and O–H groups in total. The van der Waals surface area contributed by atoms with Crippen LogP contribution in [0.1, 0.15) is 19.4 Å². The van der Waals surface area contributed by atoms with Gasteiger partial charge in [0.05, 0.1) is 13.5 Å². The number of methoxy groups -OCH3 is 1. The van der Waals surface area contributed by atoms with Gasteiger partial charge < -0.3 is 19.9 Å². The van der Waals surface area contributed by atoms with Crippen LogP contribution in [-0.4, -0.2) is 43.5 Å². The highest BCUT2D eigenvalue weighted by Crippen LogP contribution is 2.13. The van der Waals surface area contributed by atoms with E-state index in [2.05, 4.69) is 10.1 Å². The van der Waals surface area contributed by atoms with Crippen LogP contribution >= 0.6 is 12.4 Å². The van der Waals surface area contributed by atoms with Gasteiger partial charge in [-0.1, -0.05) is 26.0 Å². The highest BCUT2D eigenvalue weighted by atomic mass is 35.5. The highest BCUT2D eigenvalue weighted by molar-refractivity contribution is 5.85. The van der Waals surface area contributed by atoms with Gasteiger partial charge in [-0.25, -0.2) is 0 Å². The Morgan fingerprint density at radius 2 is 1.90 bits per heavy atom. The summed E-state index contributed by atoms with van der Waals surface area (Å²) in [6.45, 7) is 4.77. The number of halogens is 1. The monoisotopic (exact) mass is 317 g/mol. The molecular weight excluding hydrogens is 294 g/mol. The molecule has 0 saturated carbocycles. The van der Waals surface area contributed by atoms with Gasteiger partial charge in [0.25, 0.3) is 0 Å². The minimum atomic E-state index is -0.549. The summed E-state index contributed by atoms with van der Waals surface area (Å²) in [6, 6.07) is 7.51. The Hall–Kier alpha value is -1.30. The predicted molar refractivity (Wildman–Crippen MR) is 84.1 cm³/mol. The summed E-state index contributed by atoms with van der Waals surface area (Å²) in [6.07, 6.45) is -0.301. The first kappa shape index (κ1) is 19.7. The van der Waals surface area contributed by atoms with Gasteiger partial charge in [0.15, 0.2) is 0 Å². The normalized spacial score (nSPS) is 11.7. The number of hydrogen-bond donors (Lipinski definition) is 2. The van der Waals surface area contributed by atoms with E-state index >= 15 is 0 Å². The van der Waals surface area contributed by atoms with Crippen LogP contribution in [0.2, 0.25) is 0 Å². The van der Waals surface area contributed by atoms with E-state index in [1.165, 1.54) is 7.11 Å². The van der Waals surface area contributed by atoms with E-state index in [4.69, 9.17) is 4.74 Å². The van der Waals surface area contributed by atoms with Crippen LogP contribution in [0.15, 0.2) is 24.3 Å². The lowest BCUT2D eigenvalue weighted by atomic mass is 10.1. The van der Waals surface area contributed by atoms with E-state index < -0.39 is 6.10 Å². The van der Waals surface area contributed by atoms with Crippen molar-refractivity contribution in [2.45, 2.75) is 32.4 Å². The molecule has 5 nitrogen and oxygen atoms in total. The number of aliphatic hydroxyl groups is 1. The van der Waals surface area contributed by atoms with Crippen LogP contribution in [0.25, 0.3) is 0 Å². The third kappa shape index (κ3) is 8.55. The quantitative estimate of drug-likeness (QED) is 0.712. The fourth-order valence-corrected chi connectivity index (χ4v) is 1.57. The van der Waals surface area contributed by atoms with Crippen LogP contribution in [0.5, 0.6) is 5.75 Å². The number of carbonyl (C=O) groups excluding carboxylic acids is 1. The molecule has 1 aromatic rings. The second-order valence-corrected chi connectivity index (χ2v) is 4.92. The Bertz CT molecular complexity index is 409. The first-order valence-electron chi connectivity index (χ1n) is 6.71. The molecule has 0 aromatic heterocycles. The maximum atomic E-state index is 11.1. The molecule has 21 heavy (non-hydrogen) atoms. The number of hydrogen-bond acceptors (Lipinski definition) is 5. The average molecular weight is 318 g/mol. The molecule has 0 aliphatic heterocycles. The Kier molecular flexibility index (Phi) is 9.78. The van der Waals surface area contributed by atoms with Gasteiger partial charge in [0, 0.05) is 12.6 Å². The number of benzene rings is 1. The lowest BCUT2D eigenvalue weighted by Gasteiger charge is -2.15. The summed E-state index contributed by atoms with van der Waals surface area (Å²) in [5.74, 6) is 0.399. The number of ether oxygens (including phenoxy) is 2. The fourth-order valence-electron chi connectivity index (χ4n) is 1.57. The highest BCUT2D eigenvalue weighted by Gasteiger charge is 2.07.